The van der Waals surface area contributed by atoms with Crippen molar-refractivity contribution in [2.24, 2.45) is 10.7 Å². The average Bonchev–Trinajstić information content (AvgIpc) is 3.03. The molecule has 2 aliphatic heterocycles. The van der Waals surface area contributed by atoms with Crippen molar-refractivity contribution in [2.45, 2.75) is 32.2 Å². The van der Waals surface area contributed by atoms with Gasteiger partial charge in [0.05, 0.1) is 25.8 Å². The fourth-order valence-corrected chi connectivity index (χ4v) is 4.31. The van der Waals surface area contributed by atoms with Crippen LogP contribution in [0.3, 0.4) is 0 Å². The van der Waals surface area contributed by atoms with Gasteiger partial charge in [-0.15, -0.1) is 35.3 Å². The number of ether oxygens (including phenoxy) is 1. The van der Waals surface area contributed by atoms with Gasteiger partial charge >= 0.3 is 0 Å². The molecule has 5 nitrogen and oxygen atoms in total. The molecule has 0 spiro atoms. The molecule has 24 heavy (non-hydrogen) atoms. The smallest absolute Gasteiger partial charge is 0.191 e. The van der Waals surface area contributed by atoms with Gasteiger partial charge in [-0.05, 0) is 38.3 Å². The molecule has 3 heterocycles. The fourth-order valence-electron chi connectivity index (χ4n) is 3.31. The predicted octanol–water partition coefficient (Wildman–Crippen LogP) is 2.85. The normalized spacial score (nSPS) is 21.4. The second-order valence-corrected chi connectivity index (χ2v) is 7.68. The predicted molar refractivity (Wildman–Crippen MR) is 112 cm³/mol. The van der Waals surface area contributed by atoms with E-state index in [1.54, 1.807) is 0 Å². The molecule has 136 valence electrons. The Labute approximate surface area is 166 Å². The zero-order chi connectivity index (χ0) is 16.1. The zero-order valence-corrected chi connectivity index (χ0v) is 17.6. The number of guanidine groups is 1. The van der Waals surface area contributed by atoms with Gasteiger partial charge < -0.3 is 15.4 Å². The summed E-state index contributed by atoms with van der Waals surface area (Å²) >= 11 is 1.87. The Kier molecular flexibility index (Phi) is 8.25. The number of nitrogens with zero attached hydrogens (tertiary/aromatic N) is 3. The molecular formula is C17H29IN4OS. The number of rotatable bonds is 4. The van der Waals surface area contributed by atoms with E-state index >= 15 is 0 Å². The lowest BCUT2D eigenvalue weighted by Gasteiger charge is -2.33. The quantitative estimate of drug-likeness (QED) is 0.423. The molecule has 0 saturated carbocycles. The second-order valence-electron chi connectivity index (χ2n) is 6.36. The summed E-state index contributed by atoms with van der Waals surface area (Å²) in [6.45, 7) is 8.57. The van der Waals surface area contributed by atoms with Crippen molar-refractivity contribution in [3.8, 4) is 0 Å². The van der Waals surface area contributed by atoms with E-state index in [1.807, 2.05) is 11.3 Å². The lowest BCUT2D eigenvalue weighted by molar-refractivity contribution is 0.0186. The van der Waals surface area contributed by atoms with Crippen molar-refractivity contribution in [1.29, 1.82) is 0 Å². The van der Waals surface area contributed by atoms with Crippen LogP contribution in [-0.4, -0.2) is 61.7 Å². The standard InChI is InChI=1S/C17H28N4OS.HI/c1-14-5-6-16(23-14)15(20-9-11-22-12-10-20)13-19-17(18)21-7-3-2-4-8-21;/h5-6,15H,2-4,7-13H2,1H3,(H2,18,19);1H. The summed E-state index contributed by atoms with van der Waals surface area (Å²) < 4.78 is 5.50. The summed E-state index contributed by atoms with van der Waals surface area (Å²) in [5.74, 6) is 0.719. The van der Waals surface area contributed by atoms with Crippen LogP contribution in [0.15, 0.2) is 17.1 Å². The van der Waals surface area contributed by atoms with E-state index in [-0.39, 0.29) is 24.0 Å². The minimum Gasteiger partial charge on any atom is -0.379 e. The van der Waals surface area contributed by atoms with Crippen molar-refractivity contribution in [2.75, 3.05) is 45.9 Å². The molecule has 1 aromatic rings. The Morgan fingerprint density at radius 3 is 2.54 bits per heavy atom. The molecule has 0 aliphatic carbocycles. The number of nitrogens with two attached hydrogens (primary N) is 1. The minimum absolute atomic E-state index is 0. The summed E-state index contributed by atoms with van der Waals surface area (Å²) in [5.41, 5.74) is 6.25. The van der Waals surface area contributed by atoms with Crippen LogP contribution >= 0.6 is 35.3 Å². The summed E-state index contributed by atoms with van der Waals surface area (Å²) in [7, 11) is 0. The molecule has 1 atom stereocenters. The maximum atomic E-state index is 6.25. The molecule has 3 rings (SSSR count). The lowest BCUT2D eigenvalue weighted by atomic mass is 10.1. The van der Waals surface area contributed by atoms with Gasteiger partial charge in [-0.25, -0.2) is 0 Å². The van der Waals surface area contributed by atoms with E-state index in [9.17, 15) is 0 Å². The van der Waals surface area contributed by atoms with E-state index in [4.69, 9.17) is 15.5 Å². The minimum atomic E-state index is 0. The fraction of sp³-hybridized carbons (Fsp3) is 0.706. The van der Waals surface area contributed by atoms with Gasteiger partial charge in [-0.1, -0.05) is 0 Å². The first kappa shape index (κ1) is 19.9. The highest BCUT2D eigenvalue weighted by Crippen LogP contribution is 2.28. The molecule has 0 radical (unpaired) electrons. The van der Waals surface area contributed by atoms with Gasteiger partial charge in [0.1, 0.15) is 0 Å². The number of aryl methyl sites for hydroxylation is 1. The van der Waals surface area contributed by atoms with E-state index in [0.29, 0.717) is 6.04 Å². The topological polar surface area (TPSA) is 54.1 Å². The highest BCUT2D eigenvalue weighted by atomic mass is 127. The van der Waals surface area contributed by atoms with Gasteiger partial charge in [-0.2, -0.15) is 0 Å². The van der Waals surface area contributed by atoms with Crippen molar-refractivity contribution >= 4 is 41.3 Å². The number of thiophene rings is 1. The van der Waals surface area contributed by atoms with Crippen LogP contribution in [0, 0.1) is 6.92 Å². The molecule has 1 aromatic heterocycles. The maximum Gasteiger partial charge on any atom is 0.191 e. The first-order valence-electron chi connectivity index (χ1n) is 8.67. The largest absolute Gasteiger partial charge is 0.379 e. The zero-order valence-electron chi connectivity index (χ0n) is 14.4. The Balaban J connectivity index is 0.00000208. The van der Waals surface area contributed by atoms with E-state index in [0.717, 1.165) is 51.9 Å². The summed E-state index contributed by atoms with van der Waals surface area (Å²) in [4.78, 5) is 12.2. The van der Waals surface area contributed by atoms with E-state index in [1.165, 1.54) is 29.0 Å². The number of halogens is 1. The van der Waals surface area contributed by atoms with Crippen LogP contribution in [0.4, 0.5) is 0 Å². The summed E-state index contributed by atoms with van der Waals surface area (Å²) in [5, 5.41) is 0. The molecule has 1 unspecified atom stereocenters. The summed E-state index contributed by atoms with van der Waals surface area (Å²) in [6.07, 6.45) is 3.77. The monoisotopic (exact) mass is 464 g/mol. The molecule has 2 aliphatic rings. The molecule has 0 aromatic carbocycles. The van der Waals surface area contributed by atoms with E-state index in [2.05, 4.69) is 28.9 Å². The third kappa shape index (κ3) is 5.31. The maximum absolute atomic E-state index is 6.25. The third-order valence-corrected chi connectivity index (χ3v) is 5.78. The highest BCUT2D eigenvalue weighted by Gasteiger charge is 2.24. The van der Waals surface area contributed by atoms with Crippen LogP contribution in [0.5, 0.6) is 0 Å². The van der Waals surface area contributed by atoms with Crippen LogP contribution in [0.1, 0.15) is 35.1 Å². The van der Waals surface area contributed by atoms with Crippen molar-refractivity contribution in [3.63, 3.8) is 0 Å². The van der Waals surface area contributed by atoms with Gasteiger partial charge in [0.15, 0.2) is 5.96 Å². The molecule has 2 N–H and O–H groups in total. The Morgan fingerprint density at radius 1 is 1.21 bits per heavy atom. The molecule has 2 fully saturated rings. The molecule has 7 heteroatoms. The molecule has 2 saturated heterocycles. The van der Waals surface area contributed by atoms with E-state index < -0.39 is 0 Å². The number of likely N-dealkylation sites (tertiary alicyclic amines) is 1. The Hall–Kier alpha value is -0.380. The van der Waals surface area contributed by atoms with Crippen LogP contribution in [-0.2, 0) is 4.74 Å². The van der Waals surface area contributed by atoms with Crippen molar-refractivity contribution in [3.05, 3.63) is 21.9 Å². The Morgan fingerprint density at radius 2 is 1.92 bits per heavy atom. The third-order valence-electron chi connectivity index (χ3n) is 4.68. The number of piperidine rings is 1. The average molecular weight is 464 g/mol. The van der Waals surface area contributed by atoms with Crippen LogP contribution in [0.25, 0.3) is 0 Å². The number of hydrogen-bond donors (Lipinski definition) is 1. The number of aliphatic imine (C=N–C) groups is 1. The van der Waals surface area contributed by atoms with Gasteiger partial charge in [0, 0.05) is 35.9 Å². The molecule has 0 amide bonds. The second kappa shape index (κ2) is 9.94. The van der Waals surface area contributed by atoms with Crippen molar-refractivity contribution < 1.29 is 4.74 Å². The number of hydrogen-bond acceptors (Lipinski definition) is 4. The molecule has 0 bridgehead atoms. The van der Waals surface area contributed by atoms with Crippen molar-refractivity contribution in [1.82, 2.24) is 9.80 Å². The van der Waals surface area contributed by atoms with Gasteiger partial charge in [0.25, 0.3) is 0 Å². The van der Waals surface area contributed by atoms with Crippen LogP contribution in [0.2, 0.25) is 0 Å². The van der Waals surface area contributed by atoms with Gasteiger partial charge in [0.2, 0.25) is 0 Å². The highest BCUT2D eigenvalue weighted by molar-refractivity contribution is 14.0. The first-order chi connectivity index (χ1) is 11.2. The SMILES string of the molecule is Cc1ccc(C(CN=C(N)N2CCCCC2)N2CCOCC2)s1.I. The molecular weight excluding hydrogens is 435 g/mol. The van der Waals surface area contributed by atoms with Gasteiger partial charge in [-0.3, -0.25) is 9.89 Å². The number of morpholine rings is 1. The lowest BCUT2D eigenvalue weighted by Crippen LogP contribution is -2.42. The Bertz CT molecular complexity index is 524. The first-order valence-corrected chi connectivity index (χ1v) is 9.48. The summed E-state index contributed by atoms with van der Waals surface area (Å²) in [6, 6.07) is 4.76. The van der Waals surface area contributed by atoms with Crippen LogP contribution < -0.4 is 5.73 Å².